The highest BCUT2D eigenvalue weighted by atomic mass is 35.5. The standard InChI is InChI=1S/C22H20ClN5O4/c1-29-16-6-5-14(23)9-15(16)26-22-19(27-21-13(10-24)11-25-28(21)22)12-7-17(30-2)20(32-4)18(8-12)31-3/h5-9,11,25-26H,1-4H3. The molecule has 164 valence electrons. The minimum absolute atomic E-state index is 0.393. The molecule has 0 saturated heterocycles. The van der Waals surface area contributed by atoms with E-state index in [9.17, 15) is 5.26 Å². The number of fused-ring (bicyclic) bond motifs is 1. The highest BCUT2D eigenvalue weighted by Gasteiger charge is 2.22. The van der Waals surface area contributed by atoms with Gasteiger partial charge in [-0.25, -0.2) is 9.50 Å². The largest absolute Gasteiger partial charge is 0.495 e. The van der Waals surface area contributed by atoms with Crippen LogP contribution >= 0.6 is 11.6 Å². The molecule has 0 atom stereocenters. The molecule has 0 aliphatic heterocycles. The number of nitrogens with one attached hydrogen (secondary N) is 2. The number of halogens is 1. The minimum Gasteiger partial charge on any atom is -0.495 e. The Balaban J connectivity index is 1.96. The average molecular weight is 454 g/mol. The first kappa shape index (κ1) is 21.2. The molecule has 2 N–H and O–H groups in total. The van der Waals surface area contributed by atoms with Crippen molar-refractivity contribution < 1.29 is 18.9 Å². The van der Waals surface area contributed by atoms with Crippen LogP contribution in [-0.2, 0) is 0 Å². The predicted octanol–water partition coefficient (Wildman–Crippen LogP) is 4.63. The lowest BCUT2D eigenvalue weighted by Crippen LogP contribution is -2.01. The third-order valence-electron chi connectivity index (χ3n) is 4.93. The van der Waals surface area contributed by atoms with Gasteiger partial charge >= 0.3 is 0 Å². The Hall–Kier alpha value is -4.03. The highest BCUT2D eigenvalue weighted by Crippen LogP contribution is 2.43. The fourth-order valence-electron chi connectivity index (χ4n) is 3.44. The van der Waals surface area contributed by atoms with Gasteiger partial charge in [-0.1, -0.05) is 11.6 Å². The number of anilines is 2. The molecule has 4 aromatic rings. The lowest BCUT2D eigenvalue weighted by Gasteiger charge is -2.15. The topological polar surface area (TPSA) is 106 Å². The normalized spacial score (nSPS) is 10.6. The van der Waals surface area contributed by atoms with Crippen LogP contribution in [0.2, 0.25) is 5.02 Å². The van der Waals surface area contributed by atoms with Crippen molar-refractivity contribution in [1.29, 1.82) is 5.26 Å². The number of aromatic nitrogens is 3. The van der Waals surface area contributed by atoms with Gasteiger partial charge in [0.1, 0.15) is 23.1 Å². The fraction of sp³-hybridized carbons (Fsp3) is 0.182. The summed E-state index contributed by atoms with van der Waals surface area (Å²) in [6, 6.07) is 11.0. The Morgan fingerprint density at radius 1 is 1.00 bits per heavy atom. The number of ether oxygens (including phenoxy) is 4. The molecule has 2 aromatic heterocycles. The van der Waals surface area contributed by atoms with Gasteiger partial charge in [0, 0.05) is 16.8 Å². The lowest BCUT2D eigenvalue weighted by atomic mass is 10.1. The average Bonchev–Trinajstić information content (AvgIpc) is 3.38. The molecule has 2 aromatic carbocycles. The van der Waals surface area contributed by atoms with E-state index < -0.39 is 0 Å². The van der Waals surface area contributed by atoms with Crippen molar-refractivity contribution in [1.82, 2.24) is 14.6 Å². The molecule has 32 heavy (non-hydrogen) atoms. The zero-order valence-electron chi connectivity index (χ0n) is 17.8. The summed E-state index contributed by atoms with van der Waals surface area (Å²) in [7, 11) is 6.20. The second-order valence-corrected chi connectivity index (χ2v) is 7.09. The molecular formula is C22H20ClN5O4. The van der Waals surface area contributed by atoms with Crippen molar-refractivity contribution >= 4 is 28.8 Å². The van der Waals surface area contributed by atoms with Gasteiger partial charge in [-0.05, 0) is 30.3 Å². The number of imidazole rings is 1. The minimum atomic E-state index is 0.393. The van der Waals surface area contributed by atoms with Crippen molar-refractivity contribution in [3.8, 4) is 40.3 Å². The van der Waals surface area contributed by atoms with Crippen LogP contribution in [0.4, 0.5) is 11.5 Å². The first-order valence-electron chi connectivity index (χ1n) is 9.45. The fourth-order valence-corrected chi connectivity index (χ4v) is 3.61. The number of rotatable bonds is 7. The molecule has 0 fully saturated rings. The lowest BCUT2D eigenvalue weighted by molar-refractivity contribution is 0.324. The first-order chi connectivity index (χ1) is 15.5. The van der Waals surface area contributed by atoms with Gasteiger partial charge in [0.15, 0.2) is 23.0 Å². The van der Waals surface area contributed by atoms with Gasteiger partial charge < -0.3 is 24.3 Å². The van der Waals surface area contributed by atoms with Gasteiger partial charge in [-0.2, -0.15) is 5.26 Å². The molecule has 2 heterocycles. The summed E-state index contributed by atoms with van der Waals surface area (Å²) < 4.78 is 23.6. The van der Waals surface area contributed by atoms with Crippen LogP contribution in [0.1, 0.15) is 5.56 Å². The molecule has 4 rings (SSSR count). The third-order valence-corrected chi connectivity index (χ3v) is 5.16. The van der Waals surface area contributed by atoms with Crippen molar-refractivity contribution in [2.24, 2.45) is 0 Å². The van der Waals surface area contributed by atoms with Crippen LogP contribution in [0.15, 0.2) is 36.5 Å². The van der Waals surface area contributed by atoms with E-state index in [1.165, 1.54) is 7.11 Å². The predicted molar refractivity (Wildman–Crippen MR) is 121 cm³/mol. The summed E-state index contributed by atoms with van der Waals surface area (Å²) in [6.07, 6.45) is 1.59. The van der Waals surface area contributed by atoms with E-state index in [-0.39, 0.29) is 0 Å². The number of benzene rings is 2. The maximum Gasteiger partial charge on any atom is 0.203 e. The van der Waals surface area contributed by atoms with Crippen LogP contribution in [0.3, 0.4) is 0 Å². The molecule has 0 aliphatic rings. The third kappa shape index (κ3) is 3.50. The Kier molecular flexibility index (Phi) is 5.71. The van der Waals surface area contributed by atoms with E-state index in [4.69, 9.17) is 35.5 Å². The number of hydrogen-bond donors (Lipinski definition) is 2. The van der Waals surface area contributed by atoms with E-state index >= 15 is 0 Å². The number of H-pyrrole nitrogens is 1. The van der Waals surface area contributed by atoms with Gasteiger partial charge in [0.05, 0.1) is 34.1 Å². The number of nitrogens with zero attached hydrogens (tertiary/aromatic N) is 3. The summed E-state index contributed by atoms with van der Waals surface area (Å²) in [5, 5.41) is 16.4. The van der Waals surface area contributed by atoms with E-state index in [2.05, 4.69) is 16.5 Å². The number of aromatic amines is 1. The van der Waals surface area contributed by atoms with Crippen LogP contribution < -0.4 is 24.3 Å². The molecule has 0 saturated carbocycles. The first-order valence-corrected chi connectivity index (χ1v) is 9.83. The van der Waals surface area contributed by atoms with Gasteiger partial charge in [0.25, 0.3) is 0 Å². The maximum atomic E-state index is 9.50. The Morgan fingerprint density at radius 2 is 1.69 bits per heavy atom. The molecule has 9 nitrogen and oxygen atoms in total. The van der Waals surface area contributed by atoms with Crippen molar-refractivity contribution in [3.05, 3.63) is 47.1 Å². The van der Waals surface area contributed by atoms with E-state index in [1.807, 2.05) is 0 Å². The number of hydrogen-bond acceptors (Lipinski definition) is 7. The quantitative estimate of drug-likeness (QED) is 0.420. The monoisotopic (exact) mass is 453 g/mol. The van der Waals surface area contributed by atoms with Gasteiger partial charge in [-0.15, -0.1) is 0 Å². The van der Waals surface area contributed by atoms with Crippen LogP contribution in [-0.4, -0.2) is 43.0 Å². The molecule has 10 heteroatoms. The van der Waals surface area contributed by atoms with Crippen LogP contribution in [0, 0.1) is 11.3 Å². The molecule has 0 spiro atoms. The molecule has 0 aliphatic carbocycles. The Labute approximate surface area is 189 Å². The summed E-state index contributed by atoms with van der Waals surface area (Å²) in [5.74, 6) is 2.58. The molecular weight excluding hydrogens is 434 g/mol. The number of methoxy groups -OCH3 is 4. The molecule has 0 unspecified atom stereocenters. The van der Waals surface area contributed by atoms with E-state index in [0.29, 0.717) is 62.0 Å². The zero-order chi connectivity index (χ0) is 22.8. The van der Waals surface area contributed by atoms with Gasteiger partial charge in [0.2, 0.25) is 5.75 Å². The maximum absolute atomic E-state index is 9.50. The van der Waals surface area contributed by atoms with E-state index in [0.717, 1.165) is 0 Å². The smallest absolute Gasteiger partial charge is 0.203 e. The zero-order valence-corrected chi connectivity index (χ0v) is 18.6. The highest BCUT2D eigenvalue weighted by molar-refractivity contribution is 6.31. The molecule has 0 amide bonds. The van der Waals surface area contributed by atoms with Crippen molar-refractivity contribution in [3.63, 3.8) is 0 Å². The number of nitriles is 1. The van der Waals surface area contributed by atoms with Crippen LogP contribution in [0.5, 0.6) is 23.0 Å². The molecule has 0 bridgehead atoms. The summed E-state index contributed by atoms with van der Waals surface area (Å²) >= 11 is 6.21. The Morgan fingerprint density at radius 3 is 2.28 bits per heavy atom. The second-order valence-electron chi connectivity index (χ2n) is 6.65. The molecule has 0 radical (unpaired) electrons. The van der Waals surface area contributed by atoms with Crippen LogP contribution in [0.25, 0.3) is 16.9 Å². The van der Waals surface area contributed by atoms with Crippen molar-refractivity contribution in [2.45, 2.75) is 0 Å². The second kappa shape index (κ2) is 8.61. The summed E-state index contributed by atoms with van der Waals surface area (Å²) in [4.78, 5) is 4.72. The van der Waals surface area contributed by atoms with Crippen molar-refractivity contribution in [2.75, 3.05) is 33.8 Å². The van der Waals surface area contributed by atoms with Gasteiger partial charge in [-0.3, -0.25) is 5.10 Å². The Bertz CT molecular complexity index is 1310. The summed E-state index contributed by atoms with van der Waals surface area (Å²) in [5.41, 5.74) is 2.71. The SMILES string of the molecule is COc1ccc(Cl)cc1Nc1c(-c2cc(OC)c(OC)c(OC)c2)nc2c(C#N)c[nH]n12. The summed E-state index contributed by atoms with van der Waals surface area (Å²) in [6.45, 7) is 0. The van der Waals surface area contributed by atoms with E-state index in [1.54, 1.807) is 62.4 Å².